The molecular formula is C21H38O3. The van der Waals surface area contributed by atoms with Crippen LogP contribution < -0.4 is 0 Å². The average Bonchev–Trinajstić information content (AvgIpc) is 2.59. The van der Waals surface area contributed by atoms with E-state index in [9.17, 15) is 9.90 Å². The molecule has 1 N–H and O–H groups in total. The summed E-state index contributed by atoms with van der Waals surface area (Å²) in [5, 5.41) is 9.74. The highest BCUT2D eigenvalue weighted by molar-refractivity contribution is 5.68. The molecule has 140 valence electrons. The molecule has 0 bridgehead atoms. The summed E-state index contributed by atoms with van der Waals surface area (Å²) in [6.45, 7) is 2.26. The van der Waals surface area contributed by atoms with Crippen LogP contribution in [0.5, 0.6) is 0 Å². The second kappa shape index (κ2) is 18.3. The summed E-state index contributed by atoms with van der Waals surface area (Å²) in [5.74, 6) is 5.80. The van der Waals surface area contributed by atoms with Crippen LogP contribution in [0, 0.1) is 11.8 Å². The summed E-state index contributed by atoms with van der Waals surface area (Å²) in [4.78, 5) is 10.9. The molecule has 0 saturated carbocycles. The van der Waals surface area contributed by atoms with Gasteiger partial charge in [-0.3, -0.25) is 4.79 Å². The van der Waals surface area contributed by atoms with Gasteiger partial charge in [-0.2, -0.15) is 0 Å². The zero-order valence-electron chi connectivity index (χ0n) is 15.9. The van der Waals surface area contributed by atoms with Crippen LogP contribution in [0.15, 0.2) is 0 Å². The van der Waals surface area contributed by atoms with Gasteiger partial charge in [-0.25, -0.2) is 0 Å². The van der Waals surface area contributed by atoms with E-state index in [2.05, 4.69) is 23.5 Å². The molecule has 0 aliphatic carbocycles. The fraction of sp³-hybridized carbons (Fsp3) is 0.857. The molecule has 0 rings (SSSR count). The van der Waals surface area contributed by atoms with Crippen molar-refractivity contribution in [3.05, 3.63) is 0 Å². The second-order valence-electron chi connectivity index (χ2n) is 6.59. The Hall–Kier alpha value is -1.01. The van der Waals surface area contributed by atoms with Gasteiger partial charge < -0.3 is 9.84 Å². The highest BCUT2D eigenvalue weighted by Crippen LogP contribution is 2.11. The normalized spacial score (nSPS) is 11.6. The second-order valence-corrected chi connectivity index (χ2v) is 6.59. The topological polar surface area (TPSA) is 46.5 Å². The first-order chi connectivity index (χ1) is 11.7. The van der Waals surface area contributed by atoms with Crippen LogP contribution in [0.3, 0.4) is 0 Å². The van der Waals surface area contributed by atoms with Crippen LogP contribution in [-0.4, -0.2) is 24.3 Å². The molecule has 1 unspecified atom stereocenters. The smallest absolute Gasteiger partial charge is 0.305 e. The van der Waals surface area contributed by atoms with Crippen LogP contribution in [-0.2, 0) is 9.53 Å². The molecule has 0 aromatic carbocycles. The molecule has 0 aromatic rings. The van der Waals surface area contributed by atoms with Crippen LogP contribution in [0.2, 0.25) is 0 Å². The number of hydrogen-bond acceptors (Lipinski definition) is 3. The van der Waals surface area contributed by atoms with Gasteiger partial charge in [-0.15, -0.1) is 5.92 Å². The van der Waals surface area contributed by atoms with Gasteiger partial charge in [0.1, 0.15) is 6.10 Å². The lowest BCUT2D eigenvalue weighted by Crippen LogP contribution is -2.04. The minimum Gasteiger partial charge on any atom is -0.469 e. The van der Waals surface area contributed by atoms with E-state index in [1.54, 1.807) is 0 Å². The SMILES string of the molecule is CCCCCCCCCCCCC#CC(O)CCCCC(=O)OC. The fourth-order valence-corrected chi connectivity index (χ4v) is 2.67. The Kier molecular flexibility index (Phi) is 17.6. The zero-order chi connectivity index (χ0) is 17.9. The molecule has 0 aliphatic heterocycles. The average molecular weight is 339 g/mol. The number of aliphatic hydroxyl groups excluding tert-OH is 1. The summed E-state index contributed by atoms with van der Waals surface area (Å²) in [5.41, 5.74) is 0. The van der Waals surface area contributed by atoms with E-state index >= 15 is 0 Å². The molecule has 0 aliphatic rings. The van der Waals surface area contributed by atoms with Gasteiger partial charge in [0, 0.05) is 12.8 Å². The summed E-state index contributed by atoms with van der Waals surface area (Å²) in [6, 6.07) is 0. The molecule has 0 spiro atoms. The van der Waals surface area contributed by atoms with Crippen LogP contribution in [0.1, 0.15) is 103 Å². The number of methoxy groups -OCH3 is 1. The lowest BCUT2D eigenvalue weighted by Gasteiger charge is -2.03. The Bertz CT molecular complexity index is 341. The summed E-state index contributed by atoms with van der Waals surface area (Å²) in [7, 11) is 1.40. The maximum Gasteiger partial charge on any atom is 0.305 e. The Morgan fingerprint density at radius 1 is 0.917 bits per heavy atom. The molecular weight excluding hydrogens is 300 g/mol. The van der Waals surface area contributed by atoms with Crippen molar-refractivity contribution in [2.45, 2.75) is 109 Å². The number of carbonyl (C=O) groups is 1. The highest BCUT2D eigenvalue weighted by atomic mass is 16.5. The first-order valence-electron chi connectivity index (χ1n) is 9.94. The van der Waals surface area contributed by atoms with Crippen molar-refractivity contribution < 1.29 is 14.6 Å². The summed E-state index contributed by atoms with van der Waals surface area (Å²) < 4.78 is 4.58. The Morgan fingerprint density at radius 2 is 1.50 bits per heavy atom. The van der Waals surface area contributed by atoms with Crippen molar-refractivity contribution in [2.75, 3.05) is 7.11 Å². The van der Waals surface area contributed by atoms with Gasteiger partial charge in [0.2, 0.25) is 0 Å². The zero-order valence-corrected chi connectivity index (χ0v) is 15.9. The Balaban J connectivity index is 3.33. The van der Waals surface area contributed by atoms with E-state index in [0.717, 1.165) is 25.7 Å². The van der Waals surface area contributed by atoms with Gasteiger partial charge in [0.25, 0.3) is 0 Å². The quantitative estimate of drug-likeness (QED) is 0.247. The molecule has 1 atom stereocenters. The van der Waals surface area contributed by atoms with Gasteiger partial charge in [0.05, 0.1) is 7.11 Å². The molecule has 0 heterocycles. The number of esters is 1. The third-order valence-electron chi connectivity index (χ3n) is 4.26. The molecule has 0 saturated heterocycles. The van der Waals surface area contributed by atoms with Crippen LogP contribution in [0.25, 0.3) is 0 Å². The van der Waals surface area contributed by atoms with E-state index in [4.69, 9.17) is 0 Å². The number of aliphatic hydroxyl groups is 1. The number of hydrogen-bond donors (Lipinski definition) is 1. The van der Waals surface area contributed by atoms with E-state index in [1.807, 2.05) is 0 Å². The predicted molar refractivity (Wildman–Crippen MR) is 101 cm³/mol. The van der Waals surface area contributed by atoms with Crippen LogP contribution in [0.4, 0.5) is 0 Å². The van der Waals surface area contributed by atoms with Crippen molar-refractivity contribution in [2.24, 2.45) is 0 Å². The van der Waals surface area contributed by atoms with E-state index in [-0.39, 0.29) is 5.97 Å². The lowest BCUT2D eigenvalue weighted by molar-refractivity contribution is -0.140. The third-order valence-corrected chi connectivity index (χ3v) is 4.26. The number of carbonyl (C=O) groups excluding carboxylic acids is 1. The first kappa shape index (κ1) is 23.0. The van der Waals surface area contributed by atoms with E-state index < -0.39 is 6.10 Å². The molecule has 3 nitrogen and oxygen atoms in total. The van der Waals surface area contributed by atoms with Crippen molar-refractivity contribution >= 4 is 5.97 Å². The minimum absolute atomic E-state index is 0.184. The third kappa shape index (κ3) is 17.3. The van der Waals surface area contributed by atoms with Gasteiger partial charge in [0.15, 0.2) is 0 Å². The van der Waals surface area contributed by atoms with E-state index in [1.165, 1.54) is 64.9 Å². The molecule has 0 amide bonds. The Morgan fingerprint density at radius 3 is 2.08 bits per heavy atom. The molecule has 3 heteroatoms. The highest BCUT2D eigenvalue weighted by Gasteiger charge is 2.02. The maximum atomic E-state index is 10.9. The molecule has 0 fully saturated rings. The minimum atomic E-state index is -0.550. The first-order valence-corrected chi connectivity index (χ1v) is 9.94. The van der Waals surface area contributed by atoms with Crippen molar-refractivity contribution in [1.29, 1.82) is 0 Å². The van der Waals surface area contributed by atoms with Gasteiger partial charge >= 0.3 is 5.97 Å². The maximum absolute atomic E-state index is 10.9. The Labute approximate surface area is 149 Å². The predicted octanol–water partition coefficient (Wildman–Crippen LogP) is 5.40. The van der Waals surface area contributed by atoms with Crippen molar-refractivity contribution in [3.8, 4) is 11.8 Å². The van der Waals surface area contributed by atoms with Gasteiger partial charge in [-0.1, -0.05) is 70.6 Å². The summed E-state index contributed by atoms with van der Waals surface area (Å²) in [6.07, 6.45) is 16.3. The molecule has 0 radical (unpaired) electrons. The largest absolute Gasteiger partial charge is 0.469 e. The fourth-order valence-electron chi connectivity index (χ4n) is 2.67. The van der Waals surface area contributed by atoms with E-state index in [0.29, 0.717) is 12.8 Å². The number of unbranched alkanes of at least 4 members (excludes halogenated alkanes) is 11. The molecule has 0 aromatic heterocycles. The monoisotopic (exact) mass is 338 g/mol. The number of rotatable bonds is 15. The number of ether oxygens (including phenoxy) is 1. The standard InChI is InChI=1S/C21H38O3/c1-3-4-5-6-7-8-9-10-11-12-13-14-17-20(22)18-15-16-19-21(23)24-2/h20,22H,3-13,15-16,18-19H2,1-2H3. The van der Waals surface area contributed by atoms with Crippen molar-refractivity contribution in [3.63, 3.8) is 0 Å². The lowest BCUT2D eigenvalue weighted by atomic mass is 10.1. The molecule has 24 heavy (non-hydrogen) atoms. The van der Waals surface area contributed by atoms with Crippen molar-refractivity contribution in [1.82, 2.24) is 0 Å². The van der Waals surface area contributed by atoms with Crippen LogP contribution >= 0.6 is 0 Å². The summed E-state index contributed by atoms with van der Waals surface area (Å²) >= 11 is 0. The van der Waals surface area contributed by atoms with Gasteiger partial charge in [-0.05, 0) is 25.7 Å².